The number of aliphatic hydroxyl groups is 1. The number of nitrogens with one attached hydrogen (secondary N) is 1. The van der Waals surface area contributed by atoms with E-state index < -0.39 is 0 Å². The van der Waals surface area contributed by atoms with E-state index in [0.717, 1.165) is 28.7 Å². The largest absolute Gasteiger partial charge is 0.394 e. The molecule has 0 amide bonds. The number of fused-ring (bicyclic) bond motifs is 1. The standard InChI is InChI=1S/C16H17N3OS/c1-2-12(9-20)17-16-13-5-3-4-6-14(13)18-15(19-16)11-7-8-21-10-11/h3-8,10,12,20H,2,9H2,1H3,(H,17,18,19). The molecule has 4 nitrogen and oxygen atoms in total. The summed E-state index contributed by atoms with van der Waals surface area (Å²) in [5.74, 6) is 1.49. The van der Waals surface area contributed by atoms with Gasteiger partial charge >= 0.3 is 0 Å². The van der Waals surface area contributed by atoms with Gasteiger partial charge in [-0.1, -0.05) is 19.1 Å². The quantitative estimate of drug-likeness (QED) is 0.756. The molecule has 0 aliphatic carbocycles. The van der Waals surface area contributed by atoms with Crippen LogP contribution in [0.1, 0.15) is 13.3 Å². The normalized spacial score (nSPS) is 12.5. The van der Waals surface area contributed by atoms with Crippen molar-refractivity contribution in [2.24, 2.45) is 0 Å². The number of hydrogen-bond acceptors (Lipinski definition) is 5. The second kappa shape index (κ2) is 6.20. The Morgan fingerprint density at radius 1 is 1.24 bits per heavy atom. The highest BCUT2D eigenvalue weighted by molar-refractivity contribution is 7.08. The summed E-state index contributed by atoms with van der Waals surface area (Å²) in [5, 5.41) is 17.8. The SMILES string of the molecule is CCC(CO)Nc1nc(-c2ccsc2)nc2ccccc12. The number of anilines is 1. The lowest BCUT2D eigenvalue weighted by Gasteiger charge is -2.16. The van der Waals surface area contributed by atoms with Gasteiger partial charge in [0.05, 0.1) is 18.2 Å². The lowest BCUT2D eigenvalue weighted by molar-refractivity contribution is 0.271. The van der Waals surface area contributed by atoms with Gasteiger partial charge in [0.25, 0.3) is 0 Å². The first-order valence-electron chi connectivity index (χ1n) is 6.98. The summed E-state index contributed by atoms with van der Waals surface area (Å²) < 4.78 is 0. The van der Waals surface area contributed by atoms with Gasteiger partial charge in [-0.05, 0) is 30.0 Å². The highest BCUT2D eigenvalue weighted by Gasteiger charge is 2.12. The Morgan fingerprint density at radius 2 is 2.10 bits per heavy atom. The minimum absolute atomic E-state index is 0.00127. The molecule has 0 saturated heterocycles. The first kappa shape index (κ1) is 14.0. The van der Waals surface area contributed by atoms with Gasteiger partial charge in [-0.3, -0.25) is 0 Å². The van der Waals surface area contributed by atoms with Crippen LogP contribution in [0, 0.1) is 0 Å². The predicted molar refractivity (Wildman–Crippen MR) is 87.6 cm³/mol. The molecule has 2 N–H and O–H groups in total. The number of hydrogen-bond donors (Lipinski definition) is 2. The highest BCUT2D eigenvalue weighted by Crippen LogP contribution is 2.26. The monoisotopic (exact) mass is 299 g/mol. The summed E-state index contributed by atoms with van der Waals surface area (Å²) in [6.45, 7) is 2.12. The minimum Gasteiger partial charge on any atom is -0.394 e. The van der Waals surface area contributed by atoms with Crippen LogP contribution in [0.15, 0.2) is 41.1 Å². The Balaban J connectivity index is 2.11. The number of nitrogens with zero attached hydrogens (tertiary/aromatic N) is 2. The van der Waals surface area contributed by atoms with Crippen molar-refractivity contribution < 1.29 is 5.11 Å². The molecule has 0 radical (unpaired) electrons. The van der Waals surface area contributed by atoms with E-state index in [1.807, 2.05) is 48.0 Å². The third-order valence-corrected chi connectivity index (χ3v) is 4.12. The summed E-state index contributed by atoms with van der Waals surface area (Å²) in [5.41, 5.74) is 1.93. The summed E-state index contributed by atoms with van der Waals surface area (Å²) in [7, 11) is 0. The number of para-hydroxylation sites is 1. The Bertz CT molecular complexity index is 723. The summed E-state index contributed by atoms with van der Waals surface area (Å²) in [6.07, 6.45) is 0.836. The Morgan fingerprint density at radius 3 is 2.81 bits per heavy atom. The number of thiophene rings is 1. The number of aromatic nitrogens is 2. The number of benzene rings is 1. The smallest absolute Gasteiger partial charge is 0.162 e. The summed E-state index contributed by atoms with van der Waals surface area (Å²) in [6, 6.07) is 9.94. The molecule has 0 aliphatic heterocycles. The van der Waals surface area contributed by atoms with Crippen molar-refractivity contribution in [3.05, 3.63) is 41.1 Å². The second-order valence-corrected chi connectivity index (χ2v) is 5.64. The van der Waals surface area contributed by atoms with Crippen molar-refractivity contribution in [1.82, 2.24) is 9.97 Å². The fourth-order valence-corrected chi connectivity index (χ4v) is 2.81. The van der Waals surface area contributed by atoms with Gasteiger partial charge in [0.15, 0.2) is 5.82 Å². The third-order valence-electron chi connectivity index (χ3n) is 3.44. The molecule has 3 rings (SSSR count). The van der Waals surface area contributed by atoms with Crippen molar-refractivity contribution >= 4 is 28.1 Å². The molecule has 21 heavy (non-hydrogen) atoms. The van der Waals surface area contributed by atoms with E-state index in [1.165, 1.54) is 0 Å². The maximum Gasteiger partial charge on any atom is 0.162 e. The zero-order chi connectivity index (χ0) is 14.7. The van der Waals surface area contributed by atoms with Crippen molar-refractivity contribution in [3.63, 3.8) is 0 Å². The van der Waals surface area contributed by atoms with Crippen molar-refractivity contribution in [2.45, 2.75) is 19.4 Å². The van der Waals surface area contributed by atoms with E-state index in [0.29, 0.717) is 5.82 Å². The van der Waals surface area contributed by atoms with Gasteiger partial charge in [0.1, 0.15) is 5.82 Å². The fourth-order valence-electron chi connectivity index (χ4n) is 2.18. The van der Waals surface area contributed by atoms with E-state index in [-0.39, 0.29) is 12.6 Å². The molecular weight excluding hydrogens is 282 g/mol. The van der Waals surface area contributed by atoms with Crippen LogP contribution in [0.4, 0.5) is 5.82 Å². The molecule has 0 aliphatic rings. The molecule has 2 aromatic heterocycles. The lowest BCUT2D eigenvalue weighted by atomic mass is 10.2. The zero-order valence-electron chi connectivity index (χ0n) is 11.8. The minimum atomic E-state index is -0.00127. The van der Waals surface area contributed by atoms with Crippen molar-refractivity contribution in [2.75, 3.05) is 11.9 Å². The summed E-state index contributed by atoms with van der Waals surface area (Å²) >= 11 is 1.63. The molecule has 1 unspecified atom stereocenters. The lowest BCUT2D eigenvalue weighted by Crippen LogP contribution is -2.23. The predicted octanol–water partition coefficient (Wildman–Crippen LogP) is 3.54. The van der Waals surface area contributed by atoms with E-state index in [4.69, 9.17) is 0 Å². The van der Waals surface area contributed by atoms with Crippen molar-refractivity contribution in [3.8, 4) is 11.4 Å². The van der Waals surface area contributed by atoms with Gasteiger partial charge in [-0.15, -0.1) is 0 Å². The molecular formula is C16H17N3OS. The van der Waals surface area contributed by atoms with Gasteiger partial charge in [0, 0.05) is 16.3 Å². The van der Waals surface area contributed by atoms with Crippen LogP contribution in [0.3, 0.4) is 0 Å². The first-order valence-corrected chi connectivity index (χ1v) is 7.93. The average Bonchev–Trinajstić information content (AvgIpc) is 3.06. The van der Waals surface area contributed by atoms with E-state index >= 15 is 0 Å². The van der Waals surface area contributed by atoms with Crippen LogP contribution in [-0.4, -0.2) is 27.7 Å². The maximum absolute atomic E-state index is 9.41. The Hall–Kier alpha value is -1.98. The summed E-state index contributed by atoms with van der Waals surface area (Å²) in [4.78, 5) is 9.28. The third kappa shape index (κ3) is 2.89. The molecule has 1 aromatic carbocycles. The van der Waals surface area contributed by atoms with Crippen LogP contribution in [0.2, 0.25) is 0 Å². The molecule has 5 heteroatoms. The average molecular weight is 299 g/mol. The Labute approximate surface area is 127 Å². The van der Waals surface area contributed by atoms with Crippen LogP contribution < -0.4 is 5.32 Å². The van der Waals surface area contributed by atoms with E-state index in [9.17, 15) is 5.11 Å². The molecule has 0 fully saturated rings. The van der Waals surface area contributed by atoms with Gasteiger partial charge < -0.3 is 10.4 Å². The highest BCUT2D eigenvalue weighted by atomic mass is 32.1. The van der Waals surface area contributed by atoms with Crippen LogP contribution >= 0.6 is 11.3 Å². The first-order chi connectivity index (χ1) is 10.3. The fraction of sp³-hybridized carbons (Fsp3) is 0.250. The van der Waals surface area contributed by atoms with E-state index in [2.05, 4.69) is 15.3 Å². The Kier molecular flexibility index (Phi) is 4.13. The molecule has 2 heterocycles. The molecule has 0 saturated carbocycles. The van der Waals surface area contributed by atoms with Crippen LogP contribution in [0.5, 0.6) is 0 Å². The molecule has 0 spiro atoms. The molecule has 3 aromatic rings. The van der Waals surface area contributed by atoms with E-state index in [1.54, 1.807) is 11.3 Å². The maximum atomic E-state index is 9.41. The van der Waals surface area contributed by atoms with Gasteiger partial charge in [0.2, 0.25) is 0 Å². The van der Waals surface area contributed by atoms with Crippen LogP contribution in [0.25, 0.3) is 22.3 Å². The number of rotatable bonds is 5. The topological polar surface area (TPSA) is 58.0 Å². The number of aliphatic hydroxyl groups excluding tert-OH is 1. The second-order valence-electron chi connectivity index (χ2n) is 4.86. The van der Waals surface area contributed by atoms with Gasteiger partial charge in [-0.25, -0.2) is 9.97 Å². The molecule has 1 atom stereocenters. The van der Waals surface area contributed by atoms with Crippen LogP contribution in [-0.2, 0) is 0 Å². The zero-order valence-corrected chi connectivity index (χ0v) is 12.6. The van der Waals surface area contributed by atoms with Gasteiger partial charge in [-0.2, -0.15) is 11.3 Å². The molecule has 0 bridgehead atoms. The molecule has 108 valence electrons. The van der Waals surface area contributed by atoms with Crippen molar-refractivity contribution in [1.29, 1.82) is 0 Å².